The zero-order valence-corrected chi connectivity index (χ0v) is 10.7. The molecule has 0 aliphatic rings. The summed E-state index contributed by atoms with van der Waals surface area (Å²) < 4.78 is 14.3. The smallest absolute Gasteiger partial charge is 0.136 e. The summed E-state index contributed by atoms with van der Waals surface area (Å²) in [5.74, 6) is 0. The standard InChI is InChI=1S/C10H15ClN2OS/c1-10(2,3)15(14)13-7-9-6-8(11)4-5-12-9/h4-6,13H,7H2,1-3H3. The minimum Gasteiger partial charge on any atom is -0.598 e. The summed E-state index contributed by atoms with van der Waals surface area (Å²) in [4.78, 5) is 4.11. The Hall–Kier alpha value is -0.290. The topological polar surface area (TPSA) is 48.0 Å². The van der Waals surface area contributed by atoms with Crippen molar-refractivity contribution >= 4 is 23.0 Å². The zero-order valence-electron chi connectivity index (χ0n) is 9.08. The van der Waals surface area contributed by atoms with Gasteiger partial charge in [-0.25, -0.2) is 0 Å². The Morgan fingerprint density at radius 3 is 2.73 bits per heavy atom. The summed E-state index contributed by atoms with van der Waals surface area (Å²) >= 11 is 4.73. The van der Waals surface area contributed by atoms with Crippen LogP contribution in [0.15, 0.2) is 18.3 Å². The predicted octanol–water partition coefficient (Wildman–Crippen LogP) is 2.29. The average molecular weight is 247 g/mol. The third kappa shape index (κ3) is 4.38. The molecule has 5 heteroatoms. The molecule has 0 aliphatic heterocycles. The van der Waals surface area contributed by atoms with Crippen molar-refractivity contribution in [2.24, 2.45) is 0 Å². The Balaban J connectivity index is 2.51. The molecule has 0 spiro atoms. The first-order valence-electron chi connectivity index (χ1n) is 4.65. The normalized spacial score (nSPS) is 13.9. The van der Waals surface area contributed by atoms with Crippen LogP contribution in [0.4, 0.5) is 0 Å². The SMILES string of the molecule is CC(C)(C)[S+]([O-])NCc1cc(Cl)ccn1. The van der Waals surface area contributed by atoms with Gasteiger partial charge in [0.25, 0.3) is 0 Å². The van der Waals surface area contributed by atoms with Crippen molar-refractivity contribution in [3.8, 4) is 0 Å². The molecule has 0 aliphatic carbocycles. The summed E-state index contributed by atoms with van der Waals surface area (Å²) in [5, 5.41) is 0.642. The van der Waals surface area contributed by atoms with Crippen LogP contribution in [-0.4, -0.2) is 14.3 Å². The zero-order chi connectivity index (χ0) is 11.5. The molecule has 0 radical (unpaired) electrons. The molecular weight excluding hydrogens is 232 g/mol. The molecule has 1 aromatic heterocycles. The number of nitrogens with zero attached hydrogens (tertiary/aromatic N) is 1. The lowest BCUT2D eigenvalue weighted by Gasteiger charge is -2.23. The number of nitrogens with one attached hydrogen (secondary N) is 1. The van der Waals surface area contributed by atoms with Gasteiger partial charge < -0.3 is 4.55 Å². The fourth-order valence-corrected chi connectivity index (χ4v) is 1.80. The van der Waals surface area contributed by atoms with Gasteiger partial charge in [0.1, 0.15) is 4.75 Å². The first-order valence-corrected chi connectivity index (χ1v) is 6.18. The van der Waals surface area contributed by atoms with Crippen molar-refractivity contribution in [3.05, 3.63) is 29.0 Å². The van der Waals surface area contributed by atoms with E-state index in [-0.39, 0.29) is 4.75 Å². The molecule has 1 heterocycles. The van der Waals surface area contributed by atoms with Crippen LogP contribution in [0, 0.1) is 0 Å². The fourth-order valence-electron chi connectivity index (χ4n) is 0.901. The molecule has 0 amide bonds. The molecule has 1 rings (SSSR count). The van der Waals surface area contributed by atoms with Gasteiger partial charge >= 0.3 is 0 Å². The quantitative estimate of drug-likeness (QED) is 0.833. The van der Waals surface area contributed by atoms with Crippen LogP contribution in [0.2, 0.25) is 5.02 Å². The Kier molecular flexibility index (Phi) is 4.40. The van der Waals surface area contributed by atoms with E-state index >= 15 is 0 Å². The van der Waals surface area contributed by atoms with E-state index in [1.54, 1.807) is 18.3 Å². The van der Waals surface area contributed by atoms with Crippen molar-refractivity contribution in [1.82, 2.24) is 9.71 Å². The van der Waals surface area contributed by atoms with Gasteiger partial charge in [-0.3, -0.25) is 4.98 Å². The van der Waals surface area contributed by atoms with Gasteiger partial charge in [0.15, 0.2) is 0 Å². The summed E-state index contributed by atoms with van der Waals surface area (Å²) in [6, 6.07) is 3.47. The lowest BCUT2D eigenvalue weighted by Crippen LogP contribution is -2.39. The third-order valence-corrected chi connectivity index (χ3v) is 3.47. The second-order valence-corrected chi connectivity index (χ2v) is 6.65. The third-order valence-electron chi connectivity index (χ3n) is 1.72. The van der Waals surface area contributed by atoms with Crippen LogP contribution in [0.25, 0.3) is 0 Å². The molecule has 0 saturated heterocycles. The highest BCUT2D eigenvalue weighted by molar-refractivity contribution is 7.90. The maximum atomic E-state index is 11.7. The molecule has 84 valence electrons. The van der Waals surface area contributed by atoms with Gasteiger partial charge in [-0.1, -0.05) is 11.6 Å². The molecule has 0 saturated carbocycles. The Bertz CT molecular complexity index is 327. The number of hydrogen-bond donors (Lipinski definition) is 1. The lowest BCUT2D eigenvalue weighted by molar-refractivity contribution is 0.543. The van der Waals surface area contributed by atoms with E-state index in [1.165, 1.54) is 0 Å². The minimum absolute atomic E-state index is 0.265. The second-order valence-electron chi connectivity index (χ2n) is 4.17. The molecule has 15 heavy (non-hydrogen) atoms. The van der Waals surface area contributed by atoms with Crippen LogP contribution in [0.3, 0.4) is 0 Å². The molecule has 3 nitrogen and oxygen atoms in total. The van der Waals surface area contributed by atoms with Crippen LogP contribution in [-0.2, 0) is 17.9 Å². The molecule has 1 unspecified atom stereocenters. The number of halogens is 1. The van der Waals surface area contributed by atoms with E-state index < -0.39 is 11.4 Å². The van der Waals surface area contributed by atoms with Crippen molar-refractivity contribution in [2.75, 3.05) is 0 Å². The minimum atomic E-state index is -1.08. The second kappa shape index (κ2) is 5.16. The van der Waals surface area contributed by atoms with Gasteiger partial charge in [0.2, 0.25) is 0 Å². The van der Waals surface area contributed by atoms with E-state index in [9.17, 15) is 4.55 Å². The van der Waals surface area contributed by atoms with Crippen molar-refractivity contribution in [2.45, 2.75) is 32.1 Å². The summed E-state index contributed by atoms with van der Waals surface area (Å²) in [7, 11) is 0. The first kappa shape index (κ1) is 12.8. The Morgan fingerprint density at radius 2 is 2.20 bits per heavy atom. The van der Waals surface area contributed by atoms with E-state index in [0.29, 0.717) is 11.6 Å². The number of aromatic nitrogens is 1. The Morgan fingerprint density at radius 1 is 1.53 bits per heavy atom. The number of rotatable bonds is 3. The van der Waals surface area contributed by atoms with Crippen LogP contribution in [0.5, 0.6) is 0 Å². The van der Waals surface area contributed by atoms with E-state index in [1.807, 2.05) is 20.8 Å². The predicted molar refractivity (Wildman–Crippen MR) is 64.0 cm³/mol. The summed E-state index contributed by atoms with van der Waals surface area (Å²) in [5.41, 5.74) is 0.792. The average Bonchev–Trinajstić information content (AvgIpc) is 2.12. The highest BCUT2D eigenvalue weighted by atomic mass is 35.5. The van der Waals surface area contributed by atoms with Gasteiger partial charge in [0.05, 0.1) is 12.2 Å². The summed E-state index contributed by atoms with van der Waals surface area (Å²) in [6.45, 7) is 6.22. The molecule has 1 atom stereocenters. The van der Waals surface area contributed by atoms with Gasteiger partial charge in [-0.15, -0.1) is 4.72 Å². The van der Waals surface area contributed by atoms with Crippen molar-refractivity contribution < 1.29 is 4.55 Å². The number of pyridine rings is 1. The fraction of sp³-hybridized carbons (Fsp3) is 0.500. The lowest BCUT2D eigenvalue weighted by atomic mass is 10.3. The van der Waals surface area contributed by atoms with E-state index in [2.05, 4.69) is 9.71 Å². The van der Waals surface area contributed by atoms with Crippen molar-refractivity contribution in [1.29, 1.82) is 0 Å². The van der Waals surface area contributed by atoms with Crippen LogP contribution >= 0.6 is 11.6 Å². The molecular formula is C10H15ClN2OS. The monoisotopic (exact) mass is 246 g/mol. The largest absolute Gasteiger partial charge is 0.598 e. The Labute approximate surface area is 98.6 Å². The van der Waals surface area contributed by atoms with Gasteiger partial charge in [-0.05, 0) is 32.9 Å². The maximum Gasteiger partial charge on any atom is 0.136 e. The highest BCUT2D eigenvalue weighted by Crippen LogP contribution is 2.14. The van der Waals surface area contributed by atoms with E-state index in [4.69, 9.17) is 11.6 Å². The molecule has 1 aromatic rings. The first-order chi connectivity index (χ1) is 6.89. The molecule has 1 N–H and O–H groups in total. The summed E-state index contributed by atoms with van der Waals surface area (Å²) in [6.07, 6.45) is 1.64. The van der Waals surface area contributed by atoms with Crippen LogP contribution in [0.1, 0.15) is 26.5 Å². The molecule has 0 bridgehead atoms. The van der Waals surface area contributed by atoms with Gasteiger partial charge in [-0.2, -0.15) is 0 Å². The van der Waals surface area contributed by atoms with Crippen LogP contribution < -0.4 is 4.72 Å². The maximum absolute atomic E-state index is 11.7. The van der Waals surface area contributed by atoms with E-state index in [0.717, 1.165) is 5.69 Å². The molecule has 0 aromatic carbocycles. The van der Waals surface area contributed by atoms with Crippen molar-refractivity contribution in [3.63, 3.8) is 0 Å². The highest BCUT2D eigenvalue weighted by Gasteiger charge is 2.25. The number of hydrogen-bond acceptors (Lipinski definition) is 3. The van der Waals surface area contributed by atoms with Gasteiger partial charge in [0, 0.05) is 22.6 Å². The molecule has 0 fully saturated rings.